The molecule has 0 spiro atoms. The van der Waals surface area contributed by atoms with Gasteiger partial charge in [-0.3, -0.25) is 14.5 Å². The molecule has 0 aromatic heterocycles. The predicted molar refractivity (Wildman–Crippen MR) is 96.7 cm³/mol. The SMILES string of the molecule is O=C1CCCN1CN(C(=O)COc1ccccc1)c1cccc(Cl)c1. The van der Waals surface area contributed by atoms with E-state index in [1.54, 1.807) is 41.3 Å². The van der Waals surface area contributed by atoms with Crippen LogP contribution in [-0.2, 0) is 9.59 Å². The summed E-state index contributed by atoms with van der Waals surface area (Å²) in [6.45, 7) is 0.747. The van der Waals surface area contributed by atoms with Gasteiger partial charge in [-0.15, -0.1) is 0 Å². The van der Waals surface area contributed by atoms with E-state index in [2.05, 4.69) is 0 Å². The number of carbonyl (C=O) groups excluding carboxylic acids is 2. The lowest BCUT2D eigenvalue weighted by atomic mass is 10.3. The topological polar surface area (TPSA) is 49.9 Å². The molecule has 1 fully saturated rings. The minimum atomic E-state index is -0.231. The Hall–Kier alpha value is -2.53. The smallest absolute Gasteiger partial charge is 0.266 e. The second-order valence-electron chi connectivity index (χ2n) is 5.81. The lowest BCUT2D eigenvalue weighted by Gasteiger charge is -2.28. The molecule has 0 unspecified atom stereocenters. The maximum Gasteiger partial charge on any atom is 0.266 e. The molecule has 2 aromatic carbocycles. The second-order valence-corrected chi connectivity index (χ2v) is 6.24. The number of rotatable bonds is 6. The normalized spacial score (nSPS) is 13.8. The van der Waals surface area contributed by atoms with Gasteiger partial charge in [0, 0.05) is 23.7 Å². The molecule has 0 atom stereocenters. The standard InChI is InChI=1S/C19H19ClN2O3/c20-15-6-4-7-16(12-15)22(14-21-11-5-10-18(21)23)19(24)13-25-17-8-2-1-3-9-17/h1-4,6-9,12H,5,10-11,13-14H2. The van der Waals surface area contributed by atoms with Crippen molar-refractivity contribution in [3.63, 3.8) is 0 Å². The van der Waals surface area contributed by atoms with Crippen LogP contribution >= 0.6 is 11.6 Å². The zero-order valence-corrected chi connectivity index (χ0v) is 14.5. The highest BCUT2D eigenvalue weighted by molar-refractivity contribution is 6.30. The summed E-state index contributed by atoms with van der Waals surface area (Å²) in [7, 11) is 0. The highest BCUT2D eigenvalue weighted by atomic mass is 35.5. The van der Waals surface area contributed by atoms with Crippen LogP contribution in [0.2, 0.25) is 5.02 Å². The average molecular weight is 359 g/mol. The molecule has 6 heteroatoms. The average Bonchev–Trinajstić information content (AvgIpc) is 3.03. The number of benzene rings is 2. The zero-order chi connectivity index (χ0) is 17.6. The van der Waals surface area contributed by atoms with Gasteiger partial charge in [-0.25, -0.2) is 0 Å². The summed E-state index contributed by atoms with van der Waals surface area (Å²) < 4.78 is 5.56. The first-order chi connectivity index (χ1) is 12.1. The number of ether oxygens (including phenoxy) is 1. The predicted octanol–water partition coefficient (Wildman–Crippen LogP) is 3.33. The molecule has 3 rings (SSSR count). The highest BCUT2D eigenvalue weighted by Crippen LogP contribution is 2.22. The van der Waals surface area contributed by atoms with Crippen LogP contribution in [0.1, 0.15) is 12.8 Å². The summed E-state index contributed by atoms with van der Waals surface area (Å²) in [5.74, 6) is 0.453. The van der Waals surface area contributed by atoms with Gasteiger partial charge in [-0.2, -0.15) is 0 Å². The van der Waals surface area contributed by atoms with E-state index in [9.17, 15) is 9.59 Å². The molecular formula is C19H19ClN2O3. The number of hydrogen-bond donors (Lipinski definition) is 0. The molecule has 1 saturated heterocycles. The summed E-state index contributed by atoms with van der Waals surface area (Å²) in [4.78, 5) is 27.9. The van der Waals surface area contributed by atoms with Crippen molar-refractivity contribution in [2.45, 2.75) is 12.8 Å². The van der Waals surface area contributed by atoms with Gasteiger partial charge in [0.15, 0.2) is 6.61 Å². The van der Waals surface area contributed by atoms with Crippen LogP contribution in [-0.4, -0.2) is 36.5 Å². The fourth-order valence-electron chi connectivity index (χ4n) is 2.71. The van der Waals surface area contributed by atoms with Gasteiger partial charge in [-0.1, -0.05) is 35.9 Å². The Balaban J connectivity index is 1.75. The van der Waals surface area contributed by atoms with Crippen molar-refractivity contribution in [1.82, 2.24) is 4.90 Å². The molecule has 0 saturated carbocycles. The van der Waals surface area contributed by atoms with Gasteiger partial charge in [-0.05, 0) is 36.8 Å². The number of carbonyl (C=O) groups is 2. The first-order valence-electron chi connectivity index (χ1n) is 8.15. The van der Waals surface area contributed by atoms with Crippen molar-refractivity contribution in [3.05, 3.63) is 59.6 Å². The number of likely N-dealkylation sites (tertiary alicyclic amines) is 1. The van der Waals surface area contributed by atoms with Crippen LogP contribution in [0.5, 0.6) is 5.75 Å². The van der Waals surface area contributed by atoms with Crippen LogP contribution in [0.25, 0.3) is 0 Å². The maximum atomic E-state index is 12.7. The first kappa shape index (κ1) is 17.3. The third kappa shape index (κ3) is 4.51. The highest BCUT2D eigenvalue weighted by Gasteiger charge is 2.26. The minimum Gasteiger partial charge on any atom is -0.484 e. The Labute approximate surface area is 151 Å². The van der Waals surface area contributed by atoms with Crippen molar-refractivity contribution in [1.29, 1.82) is 0 Å². The van der Waals surface area contributed by atoms with Crippen molar-refractivity contribution in [2.24, 2.45) is 0 Å². The third-order valence-electron chi connectivity index (χ3n) is 4.01. The molecule has 0 N–H and O–H groups in total. The van der Waals surface area contributed by atoms with Crippen LogP contribution in [0, 0.1) is 0 Å². The number of nitrogens with zero attached hydrogens (tertiary/aromatic N) is 2. The Kier molecular flexibility index (Phi) is 5.56. The Morgan fingerprint density at radius 2 is 1.96 bits per heavy atom. The fourth-order valence-corrected chi connectivity index (χ4v) is 2.90. The molecule has 0 radical (unpaired) electrons. The molecule has 130 valence electrons. The van der Waals surface area contributed by atoms with E-state index >= 15 is 0 Å². The Morgan fingerprint density at radius 3 is 2.64 bits per heavy atom. The summed E-state index contributed by atoms with van der Waals surface area (Å²) in [5.41, 5.74) is 0.647. The van der Waals surface area contributed by atoms with E-state index in [-0.39, 0.29) is 25.1 Å². The molecule has 1 heterocycles. The molecule has 0 bridgehead atoms. The van der Waals surface area contributed by atoms with Gasteiger partial charge in [0.2, 0.25) is 5.91 Å². The molecule has 2 aromatic rings. The van der Waals surface area contributed by atoms with Gasteiger partial charge in [0.05, 0.1) is 0 Å². The summed E-state index contributed by atoms with van der Waals surface area (Å²) >= 11 is 6.06. The molecule has 5 nitrogen and oxygen atoms in total. The molecular weight excluding hydrogens is 340 g/mol. The monoisotopic (exact) mass is 358 g/mol. The van der Waals surface area contributed by atoms with E-state index in [1.165, 1.54) is 4.90 Å². The van der Waals surface area contributed by atoms with Crippen LogP contribution in [0.3, 0.4) is 0 Å². The van der Waals surface area contributed by atoms with Crippen LogP contribution in [0.15, 0.2) is 54.6 Å². The lowest BCUT2D eigenvalue weighted by molar-refractivity contribution is -0.128. The fraction of sp³-hybridized carbons (Fsp3) is 0.263. The molecule has 1 aliphatic heterocycles. The Morgan fingerprint density at radius 1 is 1.16 bits per heavy atom. The summed E-state index contributed by atoms with van der Waals surface area (Å²) in [6.07, 6.45) is 1.34. The van der Waals surface area contributed by atoms with E-state index in [0.717, 1.165) is 6.42 Å². The van der Waals surface area contributed by atoms with Gasteiger partial charge >= 0.3 is 0 Å². The number of halogens is 1. The largest absolute Gasteiger partial charge is 0.484 e. The number of para-hydroxylation sites is 1. The lowest BCUT2D eigenvalue weighted by Crippen LogP contribution is -2.44. The summed E-state index contributed by atoms with van der Waals surface area (Å²) in [5, 5.41) is 0.534. The van der Waals surface area contributed by atoms with Crippen molar-refractivity contribution in [3.8, 4) is 5.75 Å². The molecule has 25 heavy (non-hydrogen) atoms. The van der Waals surface area contributed by atoms with Gasteiger partial charge in [0.25, 0.3) is 5.91 Å². The van der Waals surface area contributed by atoms with E-state index in [4.69, 9.17) is 16.3 Å². The molecule has 2 amide bonds. The van der Waals surface area contributed by atoms with Crippen LogP contribution in [0.4, 0.5) is 5.69 Å². The van der Waals surface area contributed by atoms with E-state index in [1.807, 2.05) is 18.2 Å². The van der Waals surface area contributed by atoms with E-state index < -0.39 is 0 Å². The van der Waals surface area contributed by atoms with Crippen molar-refractivity contribution < 1.29 is 14.3 Å². The van der Waals surface area contributed by atoms with Gasteiger partial charge in [0.1, 0.15) is 12.4 Å². The quantitative estimate of drug-likeness (QED) is 0.795. The zero-order valence-electron chi connectivity index (χ0n) is 13.7. The van der Waals surface area contributed by atoms with Crippen molar-refractivity contribution in [2.75, 3.05) is 24.7 Å². The maximum absolute atomic E-state index is 12.7. The third-order valence-corrected chi connectivity index (χ3v) is 4.25. The van der Waals surface area contributed by atoms with Gasteiger partial charge < -0.3 is 9.64 Å². The molecule has 1 aliphatic rings. The number of amides is 2. The minimum absolute atomic E-state index is 0.0591. The van der Waals surface area contributed by atoms with E-state index in [0.29, 0.717) is 29.4 Å². The number of anilines is 1. The van der Waals surface area contributed by atoms with Crippen LogP contribution < -0.4 is 9.64 Å². The molecule has 0 aliphatic carbocycles. The first-order valence-corrected chi connectivity index (χ1v) is 8.53. The Bertz CT molecular complexity index is 751. The van der Waals surface area contributed by atoms with Crippen molar-refractivity contribution >= 4 is 29.1 Å². The second kappa shape index (κ2) is 8.03. The summed E-state index contributed by atoms with van der Waals surface area (Å²) in [6, 6.07) is 16.2. The number of hydrogen-bond acceptors (Lipinski definition) is 3.